The molecule has 0 bridgehead atoms. The van der Waals surface area contributed by atoms with Crippen LogP contribution >= 0.6 is 0 Å². The van der Waals surface area contributed by atoms with Crippen LogP contribution in [0.5, 0.6) is 5.75 Å². The smallest absolute Gasteiger partial charge is 0.294 e. The molecule has 12 heteroatoms. The highest BCUT2D eigenvalue weighted by Gasteiger charge is 2.28. The van der Waals surface area contributed by atoms with Crippen molar-refractivity contribution in [1.29, 1.82) is 5.26 Å². The van der Waals surface area contributed by atoms with E-state index in [9.17, 15) is 30.3 Å². The zero-order chi connectivity index (χ0) is 24.2. The minimum absolute atomic E-state index is 0.0268. The second kappa shape index (κ2) is 9.39. The van der Waals surface area contributed by atoms with Crippen LogP contribution in [0.2, 0.25) is 0 Å². The summed E-state index contributed by atoms with van der Waals surface area (Å²) in [6.07, 6.45) is 2.11. The number of ether oxygens (including phenoxy) is 1. The van der Waals surface area contributed by atoms with Crippen molar-refractivity contribution in [1.82, 2.24) is 4.57 Å². The maximum Gasteiger partial charge on any atom is 0.294 e. The molecule has 0 N–H and O–H groups in total. The summed E-state index contributed by atoms with van der Waals surface area (Å²) in [5.74, 6) is 0.526. The van der Waals surface area contributed by atoms with Crippen LogP contribution in [0.15, 0.2) is 47.4 Å². The number of hydrogen-bond donors (Lipinski definition) is 0. The molecular weight excluding hydrogens is 436 g/mol. The molecule has 1 aliphatic rings. The van der Waals surface area contributed by atoms with Gasteiger partial charge >= 0.3 is 0 Å². The molecule has 0 amide bonds. The van der Waals surface area contributed by atoms with Crippen molar-refractivity contribution in [2.75, 3.05) is 6.61 Å². The topological polar surface area (TPSA) is 160 Å². The van der Waals surface area contributed by atoms with Gasteiger partial charge in [0.25, 0.3) is 15.7 Å². The van der Waals surface area contributed by atoms with Gasteiger partial charge in [0.1, 0.15) is 17.5 Å². The average molecular weight is 456 g/mol. The van der Waals surface area contributed by atoms with Crippen LogP contribution in [-0.4, -0.2) is 33.1 Å². The second-order valence-electron chi connectivity index (χ2n) is 7.80. The van der Waals surface area contributed by atoms with Crippen molar-refractivity contribution < 1.29 is 24.6 Å². The van der Waals surface area contributed by atoms with E-state index in [-0.39, 0.29) is 19.4 Å². The third-order valence-electron chi connectivity index (χ3n) is 4.82. The molecule has 0 aliphatic carbocycles. The summed E-state index contributed by atoms with van der Waals surface area (Å²) >= 11 is 0. The van der Waals surface area contributed by atoms with Crippen molar-refractivity contribution in [3.8, 4) is 11.8 Å². The quantitative estimate of drug-likeness (QED) is 0.408. The molecule has 1 aromatic carbocycles. The molecule has 12 nitrogen and oxygen atoms in total. The van der Waals surface area contributed by atoms with Crippen LogP contribution in [-0.2, 0) is 16.1 Å². The Kier molecular flexibility index (Phi) is 6.62. The lowest BCUT2D eigenvalue weighted by Gasteiger charge is -2.31. The van der Waals surface area contributed by atoms with E-state index < -0.39 is 27.4 Å². The third kappa shape index (κ3) is 5.85. The lowest BCUT2D eigenvalue weighted by molar-refractivity contribution is -0.773. The van der Waals surface area contributed by atoms with Gasteiger partial charge < -0.3 is 14.4 Å². The lowest BCUT2D eigenvalue weighted by atomic mass is 9.97. The molecule has 1 aliphatic heterocycles. The van der Waals surface area contributed by atoms with Gasteiger partial charge in [-0.05, 0) is 62.6 Å². The number of fused-ring (bicyclic) bond motifs is 1. The number of pyridine rings is 1. The van der Waals surface area contributed by atoms with Crippen molar-refractivity contribution >= 4 is 5.70 Å². The second-order valence-corrected chi connectivity index (χ2v) is 7.80. The Bertz CT molecular complexity index is 1210. The summed E-state index contributed by atoms with van der Waals surface area (Å²) in [6, 6.07) is 9.90. The normalized spacial score (nSPS) is 14.6. The van der Waals surface area contributed by atoms with Crippen molar-refractivity contribution in [2.45, 2.75) is 38.4 Å². The number of hydrogen-bond acceptors (Lipinski definition) is 9. The van der Waals surface area contributed by atoms with Crippen LogP contribution in [0.1, 0.15) is 37.0 Å². The standard InChI is InChI=1S/C21H20N4O8/c1-21(2)12-18(17-10-15(13-22)3-4-19(17)32-21)23-7-5-14(11-20(23)26)9-16(33-25(29)30)6-8-31-24(27)28/h3-5,7,10-12,16H,6,8-9H2,1-2H3. The molecule has 0 saturated carbocycles. The van der Waals surface area contributed by atoms with Crippen LogP contribution in [0.3, 0.4) is 0 Å². The summed E-state index contributed by atoms with van der Waals surface area (Å²) < 4.78 is 7.33. The predicted octanol–water partition coefficient (Wildman–Crippen LogP) is 2.50. The van der Waals surface area contributed by atoms with E-state index in [0.29, 0.717) is 28.1 Å². The highest BCUT2D eigenvalue weighted by Crippen LogP contribution is 2.36. The van der Waals surface area contributed by atoms with Gasteiger partial charge in [-0.3, -0.25) is 9.36 Å². The fourth-order valence-corrected chi connectivity index (χ4v) is 3.49. The Balaban J connectivity index is 1.90. The van der Waals surface area contributed by atoms with Crippen molar-refractivity contribution in [2.24, 2.45) is 0 Å². The minimum atomic E-state index is -1.03. The summed E-state index contributed by atoms with van der Waals surface area (Å²) in [7, 11) is 0. The first kappa shape index (κ1) is 23.3. The van der Waals surface area contributed by atoms with Gasteiger partial charge in [-0.15, -0.1) is 20.2 Å². The molecule has 1 aromatic heterocycles. The molecule has 0 fully saturated rings. The van der Waals surface area contributed by atoms with E-state index in [4.69, 9.17) is 4.74 Å². The molecule has 0 saturated heterocycles. The van der Waals surface area contributed by atoms with Gasteiger partial charge in [-0.2, -0.15) is 5.26 Å². The molecule has 2 aromatic rings. The fraction of sp³-hybridized carbons (Fsp3) is 0.333. The zero-order valence-electron chi connectivity index (χ0n) is 17.8. The molecule has 2 heterocycles. The number of nitriles is 1. The van der Waals surface area contributed by atoms with Crippen molar-refractivity contribution in [3.63, 3.8) is 0 Å². The Labute approximate surface area is 187 Å². The van der Waals surface area contributed by atoms with Crippen LogP contribution in [0, 0.1) is 31.6 Å². The van der Waals surface area contributed by atoms with Gasteiger partial charge in [0.05, 0.1) is 23.9 Å². The highest BCUT2D eigenvalue weighted by atomic mass is 17.0. The predicted molar refractivity (Wildman–Crippen MR) is 113 cm³/mol. The van der Waals surface area contributed by atoms with Gasteiger partial charge in [0.2, 0.25) is 0 Å². The van der Waals surface area contributed by atoms with Gasteiger partial charge in [-0.25, -0.2) is 0 Å². The highest BCUT2D eigenvalue weighted by molar-refractivity contribution is 5.74. The number of nitrogens with zero attached hydrogens (tertiary/aromatic N) is 4. The Morgan fingerprint density at radius 2 is 1.97 bits per heavy atom. The third-order valence-corrected chi connectivity index (χ3v) is 4.82. The minimum Gasteiger partial charge on any atom is -0.483 e. The van der Waals surface area contributed by atoms with E-state index >= 15 is 0 Å². The van der Waals surface area contributed by atoms with Gasteiger partial charge in [0, 0.05) is 17.8 Å². The molecule has 33 heavy (non-hydrogen) atoms. The Hall–Kier alpha value is -4.40. The van der Waals surface area contributed by atoms with Crippen LogP contribution < -0.4 is 10.3 Å². The lowest BCUT2D eigenvalue weighted by Crippen LogP contribution is -2.32. The monoisotopic (exact) mass is 456 g/mol. The van der Waals surface area contributed by atoms with E-state index in [1.165, 1.54) is 16.8 Å². The number of rotatable bonds is 9. The Morgan fingerprint density at radius 3 is 2.61 bits per heavy atom. The van der Waals surface area contributed by atoms with E-state index in [0.717, 1.165) is 0 Å². The van der Waals surface area contributed by atoms with Gasteiger partial charge in [-0.1, -0.05) is 0 Å². The first-order valence-corrected chi connectivity index (χ1v) is 9.85. The zero-order valence-corrected chi connectivity index (χ0v) is 17.8. The van der Waals surface area contributed by atoms with Crippen LogP contribution in [0.4, 0.5) is 0 Å². The summed E-state index contributed by atoms with van der Waals surface area (Å²) in [4.78, 5) is 42.8. The van der Waals surface area contributed by atoms with Crippen LogP contribution in [0.25, 0.3) is 5.70 Å². The summed E-state index contributed by atoms with van der Waals surface area (Å²) in [5, 5.41) is 28.3. The van der Waals surface area contributed by atoms with E-state index in [1.54, 1.807) is 30.3 Å². The number of aromatic nitrogens is 1. The maximum atomic E-state index is 12.9. The average Bonchev–Trinajstić information content (AvgIpc) is 2.71. The molecule has 0 radical (unpaired) electrons. The van der Waals surface area contributed by atoms with Gasteiger partial charge in [0.15, 0.2) is 0 Å². The van der Waals surface area contributed by atoms with E-state index in [1.807, 2.05) is 13.8 Å². The maximum absolute atomic E-state index is 12.9. The molecule has 3 rings (SSSR count). The molecule has 172 valence electrons. The molecule has 1 atom stereocenters. The van der Waals surface area contributed by atoms with Crippen molar-refractivity contribution in [3.05, 3.63) is 89.9 Å². The number of benzene rings is 1. The largest absolute Gasteiger partial charge is 0.483 e. The molecule has 1 unspecified atom stereocenters. The first-order chi connectivity index (χ1) is 15.6. The van der Waals surface area contributed by atoms with E-state index in [2.05, 4.69) is 15.7 Å². The molecular formula is C21H20N4O8. The first-order valence-electron chi connectivity index (χ1n) is 9.85. The summed E-state index contributed by atoms with van der Waals surface area (Å²) in [5.41, 5.74) is 0.843. The summed E-state index contributed by atoms with van der Waals surface area (Å²) in [6.45, 7) is 3.28. The fourth-order valence-electron chi connectivity index (χ4n) is 3.49. The Morgan fingerprint density at radius 1 is 1.21 bits per heavy atom. The SMILES string of the molecule is CC1(C)C=C(n2ccc(CC(CCO[N+](=O)[O-])O[N+](=O)[O-])cc2=O)c2cc(C#N)ccc2O1. The molecule has 0 spiro atoms.